The zero-order valence-corrected chi connectivity index (χ0v) is 16.6. The van der Waals surface area contributed by atoms with E-state index >= 15 is 0 Å². The van der Waals surface area contributed by atoms with Crippen LogP contribution in [-0.4, -0.2) is 26.5 Å². The van der Waals surface area contributed by atoms with Crippen molar-refractivity contribution in [3.63, 3.8) is 0 Å². The Kier molecular flexibility index (Phi) is 5.82. The van der Waals surface area contributed by atoms with Gasteiger partial charge in [-0.25, -0.2) is 9.97 Å². The molecule has 152 valence electrons. The zero-order chi connectivity index (χ0) is 21.8. The van der Waals surface area contributed by atoms with Crippen molar-refractivity contribution in [2.45, 2.75) is 20.8 Å². The fourth-order valence-electron chi connectivity index (χ4n) is 2.76. The average Bonchev–Trinajstić information content (AvgIpc) is 2.68. The summed E-state index contributed by atoms with van der Waals surface area (Å²) in [5, 5.41) is 17.6. The molecule has 2 aromatic carbocycles. The molecule has 0 saturated carbocycles. The highest BCUT2D eigenvalue weighted by molar-refractivity contribution is 5.95. The van der Waals surface area contributed by atoms with Crippen LogP contribution in [0.1, 0.15) is 40.4 Å². The number of hydrogen-bond acceptors (Lipinski definition) is 8. The van der Waals surface area contributed by atoms with Crippen molar-refractivity contribution in [1.29, 1.82) is 0 Å². The van der Waals surface area contributed by atoms with Gasteiger partial charge in [-0.2, -0.15) is 0 Å². The molecule has 9 nitrogen and oxygen atoms in total. The Labute approximate surface area is 172 Å². The van der Waals surface area contributed by atoms with Crippen molar-refractivity contribution in [2.24, 2.45) is 0 Å². The van der Waals surface area contributed by atoms with Crippen LogP contribution in [-0.2, 0) is 0 Å². The number of benzene rings is 2. The first-order valence-corrected chi connectivity index (χ1v) is 9.03. The monoisotopic (exact) mass is 405 g/mol. The van der Waals surface area contributed by atoms with Gasteiger partial charge in [0.2, 0.25) is 11.6 Å². The number of aryl methyl sites for hydroxylation is 1. The Hall–Kier alpha value is -4.14. The van der Waals surface area contributed by atoms with E-state index in [1.165, 1.54) is 13.8 Å². The molecule has 0 bridgehead atoms. The highest BCUT2D eigenvalue weighted by atomic mass is 16.6. The first-order valence-electron chi connectivity index (χ1n) is 9.03. The standard InChI is InChI=1S/C21H19N5O4/c1-12(27)15-4-8-17(9-5-15)24-20-19(26(29)30)21(23-14(3)22-20)25-18-10-6-16(7-11-18)13(2)28/h4-11H,1-3H3,(H2,22,23,24,25). The smallest absolute Gasteiger partial charge is 0.334 e. The van der Waals surface area contributed by atoms with E-state index in [1.807, 2.05) is 0 Å². The molecule has 0 radical (unpaired) electrons. The molecule has 0 aliphatic rings. The first-order chi connectivity index (χ1) is 14.2. The molecule has 0 aliphatic carbocycles. The number of carbonyl (C=O) groups excluding carboxylic acids is 2. The van der Waals surface area contributed by atoms with Crippen LogP contribution in [0.3, 0.4) is 0 Å². The van der Waals surface area contributed by atoms with Crippen molar-refractivity contribution in [2.75, 3.05) is 10.6 Å². The SMILES string of the molecule is CC(=O)c1ccc(Nc2nc(C)nc(Nc3ccc(C(C)=O)cc3)c2[N+](=O)[O-])cc1. The number of aromatic nitrogens is 2. The molecule has 9 heteroatoms. The molecular formula is C21H19N5O4. The lowest BCUT2D eigenvalue weighted by molar-refractivity contribution is -0.383. The van der Waals surface area contributed by atoms with Crippen LogP contribution in [0.4, 0.5) is 28.7 Å². The summed E-state index contributed by atoms with van der Waals surface area (Å²) in [6.45, 7) is 4.54. The van der Waals surface area contributed by atoms with E-state index in [0.29, 0.717) is 28.3 Å². The van der Waals surface area contributed by atoms with Gasteiger partial charge in [-0.1, -0.05) is 0 Å². The quantitative estimate of drug-likeness (QED) is 0.332. The van der Waals surface area contributed by atoms with Crippen LogP contribution in [0, 0.1) is 17.0 Å². The van der Waals surface area contributed by atoms with E-state index in [2.05, 4.69) is 20.6 Å². The number of hydrogen-bond donors (Lipinski definition) is 2. The minimum Gasteiger partial charge on any atom is -0.334 e. The van der Waals surface area contributed by atoms with Crippen LogP contribution in [0.2, 0.25) is 0 Å². The molecule has 0 fully saturated rings. The van der Waals surface area contributed by atoms with Crippen molar-refractivity contribution >= 4 is 40.3 Å². The number of Topliss-reactive ketones (excluding diaryl/α,β-unsaturated/α-hetero) is 2. The Morgan fingerprint density at radius 3 is 1.47 bits per heavy atom. The van der Waals surface area contributed by atoms with Gasteiger partial charge in [0.15, 0.2) is 11.6 Å². The van der Waals surface area contributed by atoms with E-state index in [9.17, 15) is 19.7 Å². The maximum Gasteiger partial charge on any atom is 0.353 e. The fourth-order valence-corrected chi connectivity index (χ4v) is 2.76. The second-order valence-corrected chi connectivity index (χ2v) is 6.59. The van der Waals surface area contributed by atoms with Gasteiger partial charge in [-0.05, 0) is 69.3 Å². The third-order valence-corrected chi connectivity index (χ3v) is 4.29. The van der Waals surface area contributed by atoms with Gasteiger partial charge < -0.3 is 10.6 Å². The molecular weight excluding hydrogens is 386 g/mol. The predicted octanol–water partition coefficient (Wildman–Crippen LogP) is 4.59. The molecule has 1 aromatic heterocycles. The third-order valence-electron chi connectivity index (χ3n) is 4.29. The minimum atomic E-state index is -0.571. The minimum absolute atomic E-state index is 0.0194. The highest BCUT2D eigenvalue weighted by Crippen LogP contribution is 2.34. The number of nitro groups is 1. The summed E-state index contributed by atoms with van der Waals surface area (Å²) in [5.41, 5.74) is 1.82. The summed E-state index contributed by atoms with van der Waals surface area (Å²) in [6, 6.07) is 13.1. The molecule has 30 heavy (non-hydrogen) atoms. The van der Waals surface area contributed by atoms with Crippen LogP contribution < -0.4 is 10.6 Å². The van der Waals surface area contributed by atoms with Gasteiger partial charge >= 0.3 is 5.69 Å². The largest absolute Gasteiger partial charge is 0.353 e. The van der Waals surface area contributed by atoms with Gasteiger partial charge in [0.25, 0.3) is 0 Å². The van der Waals surface area contributed by atoms with Crippen molar-refractivity contribution < 1.29 is 14.5 Å². The van der Waals surface area contributed by atoms with Crippen LogP contribution >= 0.6 is 0 Å². The normalized spacial score (nSPS) is 10.4. The van der Waals surface area contributed by atoms with E-state index in [1.54, 1.807) is 55.5 Å². The van der Waals surface area contributed by atoms with Gasteiger partial charge in [-0.15, -0.1) is 0 Å². The lowest BCUT2D eigenvalue weighted by Crippen LogP contribution is -2.08. The number of nitrogens with one attached hydrogen (secondary N) is 2. The fraction of sp³-hybridized carbons (Fsp3) is 0.143. The van der Waals surface area contributed by atoms with Crippen molar-refractivity contribution in [3.8, 4) is 0 Å². The average molecular weight is 405 g/mol. The Balaban J connectivity index is 1.96. The molecule has 3 aromatic rings. The summed E-state index contributed by atoms with van der Waals surface area (Å²) < 4.78 is 0. The summed E-state index contributed by atoms with van der Waals surface area (Å²) in [7, 11) is 0. The number of nitrogens with zero attached hydrogens (tertiary/aromatic N) is 3. The number of rotatable bonds is 7. The number of anilines is 4. The summed E-state index contributed by atoms with van der Waals surface area (Å²) in [5.74, 6) is 0.212. The maximum atomic E-state index is 11.8. The van der Waals surface area contributed by atoms with Gasteiger partial charge in [0.1, 0.15) is 5.82 Å². The van der Waals surface area contributed by atoms with Crippen molar-refractivity contribution in [3.05, 3.63) is 75.6 Å². The first kappa shape index (κ1) is 20.6. The Morgan fingerprint density at radius 1 is 0.800 bits per heavy atom. The van der Waals surface area contributed by atoms with E-state index in [4.69, 9.17) is 0 Å². The van der Waals surface area contributed by atoms with Gasteiger partial charge in [0.05, 0.1) is 4.92 Å². The van der Waals surface area contributed by atoms with E-state index in [-0.39, 0.29) is 28.9 Å². The van der Waals surface area contributed by atoms with Gasteiger partial charge in [-0.3, -0.25) is 19.7 Å². The van der Waals surface area contributed by atoms with Crippen LogP contribution in [0.15, 0.2) is 48.5 Å². The molecule has 1 heterocycles. The molecule has 0 saturated heterocycles. The second kappa shape index (κ2) is 8.48. The number of carbonyl (C=O) groups is 2. The highest BCUT2D eigenvalue weighted by Gasteiger charge is 2.24. The van der Waals surface area contributed by atoms with Gasteiger partial charge in [0, 0.05) is 22.5 Å². The summed E-state index contributed by atoms with van der Waals surface area (Å²) >= 11 is 0. The summed E-state index contributed by atoms with van der Waals surface area (Å²) in [6.07, 6.45) is 0. The number of ketones is 2. The molecule has 0 spiro atoms. The van der Waals surface area contributed by atoms with E-state index in [0.717, 1.165) is 0 Å². The predicted molar refractivity (Wildman–Crippen MR) is 113 cm³/mol. The molecule has 0 unspecified atom stereocenters. The molecule has 2 N–H and O–H groups in total. The molecule has 0 atom stereocenters. The second-order valence-electron chi connectivity index (χ2n) is 6.59. The molecule has 0 aliphatic heterocycles. The summed E-state index contributed by atoms with van der Waals surface area (Å²) in [4.78, 5) is 42.4. The lowest BCUT2D eigenvalue weighted by atomic mass is 10.1. The topological polar surface area (TPSA) is 127 Å². The van der Waals surface area contributed by atoms with Crippen LogP contribution in [0.25, 0.3) is 0 Å². The maximum absolute atomic E-state index is 11.8. The molecule has 3 rings (SSSR count). The Morgan fingerprint density at radius 2 is 1.17 bits per heavy atom. The third kappa shape index (κ3) is 4.64. The zero-order valence-electron chi connectivity index (χ0n) is 16.6. The molecule has 0 amide bonds. The van der Waals surface area contributed by atoms with Crippen LogP contribution in [0.5, 0.6) is 0 Å². The Bertz CT molecular complexity index is 1040. The van der Waals surface area contributed by atoms with E-state index < -0.39 is 4.92 Å². The van der Waals surface area contributed by atoms with Crippen molar-refractivity contribution in [1.82, 2.24) is 9.97 Å². The lowest BCUT2D eigenvalue weighted by Gasteiger charge is -2.12.